The normalized spacial score (nSPS) is 21.8. The van der Waals surface area contributed by atoms with Crippen LogP contribution in [0, 0.1) is 19.8 Å². The molecular weight excluding hydrogens is 314 g/mol. The van der Waals surface area contributed by atoms with Gasteiger partial charge in [-0.05, 0) is 65.1 Å². The number of carbonyl (C=O) groups excluding carboxylic acids is 1. The highest BCUT2D eigenvalue weighted by Gasteiger charge is 2.22. The van der Waals surface area contributed by atoms with Gasteiger partial charge in [0.1, 0.15) is 0 Å². The van der Waals surface area contributed by atoms with Crippen LogP contribution >= 0.6 is 0 Å². The van der Waals surface area contributed by atoms with Crippen LogP contribution in [0.15, 0.2) is 18.2 Å². The van der Waals surface area contributed by atoms with E-state index >= 15 is 0 Å². The Morgan fingerprint density at radius 1 is 1.16 bits per heavy atom. The van der Waals surface area contributed by atoms with E-state index in [0.29, 0.717) is 0 Å². The Morgan fingerprint density at radius 3 is 2.32 bits per heavy atom. The summed E-state index contributed by atoms with van der Waals surface area (Å²) in [6, 6.07) is 6.06. The van der Waals surface area contributed by atoms with E-state index in [4.69, 9.17) is 0 Å². The lowest BCUT2D eigenvalue weighted by atomic mass is 9.86. The van der Waals surface area contributed by atoms with Gasteiger partial charge < -0.3 is 20.6 Å². The van der Waals surface area contributed by atoms with Gasteiger partial charge in [0.05, 0.1) is 6.10 Å². The number of rotatable bonds is 6. The van der Waals surface area contributed by atoms with Crippen molar-refractivity contribution in [3.05, 3.63) is 34.9 Å². The molecule has 0 radical (unpaired) electrons. The maximum Gasteiger partial charge on any atom is 0.315 e. The van der Waals surface area contributed by atoms with Gasteiger partial charge in [-0.15, -0.1) is 0 Å². The Hall–Kier alpha value is -1.59. The molecule has 5 nitrogen and oxygen atoms in total. The molecule has 5 heteroatoms. The van der Waals surface area contributed by atoms with Crippen LogP contribution in [0.3, 0.4) is 0 Å². The molecule has 3 N–H and O–H groups in total. The molecule has 0 unspecified atom stereocenters. The van der Waals surface area contributed by atoms with Gasteiger partial charge in [-0.25, -0.2) is 4.79 Å². The molecule has 140 valence electrons. The number of benzene rings is 1. The molecule has 1 aliphatic rings. The third kappa shape index (κ3) is 6.67. The molecule has 0 heterocycles. The van der Waals surface area contributed by atoms with E-state index in [0.717, 1.165) is 54.8 Å². The fraction of sp³-hybridized carbons (Fsp3) is 0.650. The highest BCUT2D eigenvalue weighted by Crippen LogP contribution is 2.24. The van der Waals surface area contributed by atoms with Crippen molar-refractivity contribution in [2.24, 2.45) is 5.92 Å². The first kappa shape index (κ1) is 19.7. The quantitative estimate of drug-likeness (QED) is 0.741. The zero-order valence-electron chi connectivity index (χ0n) is 16.0. The highest BCUT2D eigenvalue weighted by atomic mass is 16.3. The summed E-state index contributed by atoms with van der Waals surface area (Å²) in [5.41, 5.74) is 3.09. The van der Waals surface area contributed by atoms with Gasteiger partial charge in [0.15, 0.2) is 0 Å². The monoisotopic (exact) mass is 347 g/mol. The van der Waals surface area contributed by atoms with Crippen molar-refractivity contribution < 1.29 is 9.90 Å². The van der Waals surface area contributed by atoms with E-state index in [-0.39, 0.29) is 18.6 Å². The van der Waals surface area contributed by atoms with Crippen LogP contribution in [0.1, 0.15) is 48.5 Å². The second-order valence-electron chi connectivity index (χ2n) is 7.77. The number of aryl methyl sites for hydroxylation is 2. The third-order valence-corrected chi connectivity index (χ3v) is 4.89. The minimum absolute atomic E-state index is 0.181. The number of nitrogens with zero attached hydrogens (tertiary/aromatic N) is 1. The second-order valence-corrected chi connectivity index (χ2v) is 7.77. The number of amides is 2. The summed E-state index contributed by atoms with van der Waals surface area (Å²) < 4.78 is 0. The summed E-state index contributed by atoms with van der Waals surface area (Å²) >= 11 is 0. The molecule has 1 aromatic rings. The molecule has 1 fully saturated rings. The molecule has 0 bridgehead atoms. The van der Waals surface area contributed by atoms with Crippen LogP contribution in [0.25, 0.3) is 0 Å². The predicted molar refractivity (Wildman–Crippen MR) is 102 cm³/mol. The molecule has 2 amide bonds. The molecular formula is C20H33N3O2. The van der Waals surface area contributed by atoms with Crippen molar-refractivity contribution in [2.75, 3.05) is 27.2 Å². The van der Waals surface area contributed by atoms with Gasteiger partial charge in [-0.1, -0.05) is 29.3 Å². The Morgan fingerprint density at radius 2 is 1.76 bits per heavy atom. The van der Waals surface area contributed by atoms with Crippen molar-refractivity contribution in [1.82, 2.24) is 15.5 Å². The average Bonchev–Trinajstić information content (AvgIpc) is 2.53. The number of aliphatic hydroxyl groups excluding tert-OH is 1. The van der Waals surface area contributed by atoms with Crippen molar-refractivity contribution in [2.45, 2.75) is 51.7 Å². The van der Waals surface area contributed by atoms with Crippen molar-refractivity contribution in [1.29, 1.82) is 0 Å². The van der Waals surface area contributed by atoms with E-state index < -0.39 is 6.10 Å². The van der Waals surface area contributed by atoms with E-state index in [1.54, 1.807) is 0 Å². The van der Waals surface area contributed by atoms with Crippen LogP contribution in [0.4, 0.5) is 4.79 Å². The Kier molecular flexibility index (Phi) is 7.26. The van der Waals surface area contributed by atoms with Crippen LogP contribution in [0.5, 0.6) is 0 Å². The fourth-order valence-corrected chi connectivity index (χ4v) is 3.75. The van der Waals surface area contributed by atoms with E-state index in [9.17, 15) is 9.90 Å². The number of urea groups is 1. The Labute approximate surface area is 151 Å². The highest BCUT2D eigenvalue weighted by molar-refractivity contribution is 5.74. The van der Waals surface area contributed by atoms with E-state index in [1.807, 2.05) is 26.0 Å². The first-order valence-corrected chi connectivity index (χ1v) is 9.29. The molecule has 2 rings (SSSR count). The molecule has 0 aromatic heterocycles. The van der Waals surface area contributed by atoms with Gasteiger partial charge in [-0.2, -0.15) is 0 Å². The molecule has 1 atom stereocenters. The van der Waals surface area contributed by atoms with Gasteiger partial charge in [0.2, 0.25) is 0 Å². The van der Waals surface area contributed by atoms with Crippen LogP contribution < -0.4 is 10.6 Å². The van der Waals surface area contributed by atoms with Gasteiger partial charge in [-0.3, -0.25) is 0 Å². The summed E-state index contributed by atoms with van der Waals surface area (Å²) in [5.74, 6) is 0.738. The summed E-state index contributed by atoms with van der Waals surface area (Å²) in [6.45, 7) is 5.37. The van der Waals surface area contributed by atoms with Crippen molar-refractivity contribution >= 4 is 6.03 Å². The summed E-state index contributed by atoms with van der Waals surface area (Å²) in [7, 11) is 4.22. The zero-order chi connectivity index (χ0) is 18.4. The zero-order valence-corrected chi connectivity index (χ0v) is 16.0. The van der Waals surface area contributed by atoms with E-state index in [1.165, 1.54) is 0 Å². The minimum Gasteiger partial charge on any atom is -0.387 e. The van der Waals surface area contributed by atoms with Gasteiger partial charge >= 0.3 is 6.03 Å². The first-order valence-electron chi connectivity index (χ1n) is 9.29. The molecule has 1 aliphatic carbocycles. The smallest absolute Gasteiger partial charge is 0.315 e. The summed E-state index contributed by atoms with van der Waals surface area (Å²) in [4.78, 5) is 14.3. The molecule has 0 aliphatic heterocycles. The van der Waals surface area contributed by atoms with Crippen molar-refractivity contribution in [3.8, 4) is 0 Å². The standard InChI is InChI=1S/C20H33N3O2/c1-14-9-15(2)11-17(10-14)19(24)12-21-20(25)22-18-7-5-16(6-8-18)13-23(3)4/h9-11,16,18-19,24H,5-8,12-13H2,1-4H3,(H2,21,22,25)/t16?,18?,19-/m0/s1. The summed E-state index contributed by atoms with van der Waals surface area (Å²) in [6.07, 6.45) is 3.71. The maximum absolute atomic E-state index is 12.1. The number of carbonyl (C=O) groups is 1. The third-order valence-electron chi connectivity index (χ3n) is 4.89. The van der Waals surface area contributed by atoms with E-state index in [2.05, 4.69) is 35.7 Å². The fourth-order valence-electron chi connectivity index (χ4n) is 3.75. The number of aliphatic hydroxyl groups is 1. The SMILES string of the molecule is Cc1cc(C)cc([C@@H](O)CNC(=O)NC2CCC(CN(C)C)CC2)c1. The number of hydrogen-bond acceptors (Lipinski definition) is 3. The lowest BCUT2D eigenvalue weighted by molar-refractivity contribution is 0.170. The lowest BCUT2D eigenvalue weighted by Crippen LogP contribution is -2.45. The molecule has 25 heavy (non-hydrogen) atoms. The first-order chi connectivity index (χ1) is 11.8. The maximum atomic E-state index is 12.1. The predicted octanol–water partition coefficient (Wildman–Crippen LogP) is 2.76. The molecule has 0 saturated heterocycles. The molecule has 1 aromatic carbocycles. The van der Waals surface area contributed by atoms with Crippen molar-refractivity contribution in [3.63, 3.8) is 0 Å². The number of nitrogens with one attached hydrogen (secondary N) is 2. The Bertz CT molecular complexity index is 546. The average molecular weight is 348 g/mol. The topological polar surface area (TPSA) is 64.6 Å². The van der Waals surface area contributed by atoms with Gasteiger partial charge in [0.25, 0.3) is 0 Å². The lowest BCUT2D eigenvalue weighted by Gasteiger charge is -2.30. The Balaban J connectivity index is 1.72. The van der Waals surface area contributed by atoms with Crippen LogP contribution in [-0.2, 0) is 0 Å². The van der Waals surface area contributed by atoms with Gasteiger partial charge in [0, 0.05) is 19.1 Å². The minimum atomic E-state index is -0.680. The largest absolute Gasteiger partial charge is 0.387 e. The van der Waals surface area contributed by atoms with Crippen LogP contribution in [0.2, 0.25) is 0 Å². The molecule has 1 saturated carbocycles. The summed E-state index contributed by atoms with van der Waals surface area (Å²) in [5, 5.41) is 16.1. The van der Waals surface area contributed by atoms with Crippen LogP contribution in [-0.4, -0.2) is 49.3 Å². The second kappa shape index (κ2) is 9.20. The number of hydrogen-bond donors (Lipinski definition) is 3. The molecule has 0 spiro atoms.